The van der Waals surface area contributed by atoms with E-state index in [4.69, 9.17) is 15.2 Å². The number of hydrogen-bond acceptors (Lipinski definition) is 6. The van der Waals surface area contributed by atoms with E-state index in [1.54, 1.807) is 20.3 Å². The molecule has 2 aliphatic heterocycles. The topological polar surface area (TPSA) is 88.2 Å². The molecule has 6 heteroatoms. The van der Waals surface area contributed by atoms with Crippen LogP contribution in [-0.2, 0) is 25.8 Å². The number of aromatic hydroxyl groups is 2. The highest BCUT2D eigenvalue weighted by atomic mass is 16.5. The van der Waals surface area contributed by atoms with Crippen LogP contribution in [-0.4, -0.2) is 35.9 Å². The van der Waals surface area contributed by atoms with Crippen molar-refractivity contribution in [2.75, 3.05) is 26.5 Å². The number of phenols is 2. The zero-order chi connectivity index (χ0) is 18.2. The molecule has 0 bridgehead atoms. The van der Waals surface area contributed by atoms with E-state index in [0.29, 0.717) is 42.3 Å². The van der Waals surface area contributed by atoms with E-state index < -0.39 is 0 Å². The summed E-state index contributed by atoms with van der Waals surface area (Å²) in [5, 5.41) is 21.3. The first-order valence-corrected chi connectivity index (χ1v) is 8.89. The van der Waals surface area contributed by atoms with E-state index in [1.165, 1.54) is 0 Å². The van der Waals surface area contributed by atoms with E-state index in [2.05, 4.69) is 4.90 Å². The number of nitrogen functional groups attached to an aromatic ring is 1. The van der Waals surface area contributed by atoms with E-state index in [1.807, 2.05) is 0 Å². The maximum Gasteiger partial charge on any atom is 0.165 e. The van der Waals surface area contributed by atoms with Gasteiger partial charge in [0, 0.05) is 65.1 Å². The predicted octanol–water partition coefficient (Wildman–Crippen LogP) is 2.26. The lowest BCUT2D eigenvalue weighted by Crippen LogP contribution is -2.39. The summed E-state index contributed by atoms with van der Waals surface area (Å²) in [6, 6.07) is 1.82. The van der Waals surface area contributed by atoms with Crippen LogP contribution in [0.25, 0.3) is 0 Å². The molecule has 0 amide bonds. The predicted molar refractivity (Wildman–Crippen MR) is 97.1 cm³/mol. The van der Waals surface area contributed by atoms with Crippen molar-refractivity contribution in [2.45, 2.75) is 31.8 Å². The molecule has 4 N–H and O–H groups in total. The zero-order valence-corrected chi connectivity index (χ0v) is 14.9. The fourth-order valence-electron chi connectivity index (χ4n) is 4.76. The van der Waals surface area contributed by atoms with Gasteiger partial charge in [0.25, 0.3) is 0 Å². The number of nitrogens with zero attached hydrogens (tertiary/aromatic N) is 1. The molecular weight excluding hydrogens is 332 g/mol. The lowest BCUT2D eigenvalue weighted by atomic mass is 9.82. The summed E-state index contributed by atoms with van der Waals surface area (Å²) in [5.41, 5.74) is 12.7. The molecule has 2 aromatic carbocycles. The molecule has 26 heavy (non-hydrogen) atoms. The SMILES string of the molecule is COc1cc(N)c2c(c1OC)CN1CCc3c(O)c4c(c(O)c3C1C2)C4. The summed E-state index contributed by atoms with van der Waals surface area (Å²) in [6.45, 7) is 1.50. The molecule has 0 spiro atoms. The van der Waals surface area contributed by atoms with E-state index >= 15 is 0 Å². The zero-order valence-electron chi connectivity index (χ0n) is 14.9. The quantitative estimate of drug-likeness (QED) is 0.483. The van der Waals surface area contributed by atoms with Crippen molar-refractivity contribution in [2.24, 2.45) is 0 Å². The summed E-state index contributed by atoms with van der Waals surface area (Å²) >= 11 is 0. The normalized spacial score (nSPS) is 19.8. The number of benzene rings is 2. The number of fused-ring (bicyclic) bond motifs is 5. The smallest absolute Gasteiger partial charge is 0.165 e. The fourth-order valence-corrected chi connectivity index (χ4v) is 4.76. The standard InChI is InChI=1S/C20H22N2O4/c1-25-16-7-14(21)10-6-15-17-9(18(23)11-5-12(11)19(17)24)3-4-22(15)8-13(10)20(16)26-2/h7,15,23-24H,3-6,8,21H2,1-2H3. The molecule has 3 aliphatic rings. The summed E-state index contributed by atoms with van der Waals surface area (Å²) < 4.78 is 11.0. The summed E-state index contributed by atoms with van der Waals surface area (Å²) in [5.74, 6) is 2.13. The van der Waals surface area contributed by atoms with Crippen molar-refractivity contribution in [3.8, 4) is 23.0 Å². The fraction of sp³-hybridized carbons (Fsp3) is 0.400. The highest BCUT2D eigenvalue weighted by Gasteiger charge is 2.41. The Balaban J connectivity index is 1.66. The van der Waals surface area contributed by atoms with Gasteiger partial charge < -0.3 is 25.4 Å². The summed E-state index contributed by atoms with van der Waals surface area (Å²) in [6.07, 6.45) is 2.11. The molecule has 1 aliphatic carbocycles. The Morgan fingerprint density at radius 2 is 1.81 bits per heavy atom. The second-order valence-electron chi connectivity index (χ2n) is 7.32. The number of methoxy groups -OCH3 is 2. The molecule has 0 fully saturated rings. The van der Waals surface area contributed by atoms with E-state index in [-0.39, 0.29) is 6.04 Å². The Morgan fingerprint density at radius 1 is 1.04 bits per heavy atom. The summed E-state index contributed by atoms with van der Waals surface area (Å²) in [4.78, 5) is 2.33. The third-order valence-electron chi connectivity index (χ3n) is 6.13. The van der Waals surface area contributed by atoms with Crippen molar-refractivity contribution in [1.82, 2.24) is 4.90 Å². The lowest BCUT2D eigenvalue weighted by molar-refractivity contribution is 0.154. The number of ether oxygens (including phenoxy) is 2. The van der Waals surface area contributed by atoms with Gasteiger partial charge in [-0.25, -0.2) is 0 Å². The molecule has 0 saturated heterocycles. The number of anilines is 1. The van der Waals surface area contributed by atoms with Crippen LogP contribution in [0.3, 0.4) is 0 Å². The summed E-state index contributed by atoms with van der Waals surface area (Å²) in [7, 11) is 3.26. The third-order valence-corrected chi connectivity index (χ3v) is 6.13. The molecule has 1 atom stereocenters. The molecule has 6 nitrogen and oxygen atoms in total. The monoisotopic (exact) mass is 354 g/mol. The van der Waals surface area contributed by atoms with Crippen LogP contribution in [0.4, 0.5) is 5.69 Å². The van der Waals surface area contributed by atoms with E-state index in [0.717, 1.165) is 52.1 Å². The third kappa shape index (κ3) is 1.90. The maximum atomic E-state index is 10.7. The molecular formula is C20H22N2O4. The number of phenolic OH excluding ortho intramolecular Hbond substituents is 2. The molecule has 0 saturated carbocycles. The molecule has 2 aromatic rings. The number of hydrogen-bond donors (Lipinski definition) is 3. The molecule has 2 heterocycles. The van der Waals surface area contributed by atoms with Crippen LogP contribution in [0.5, 0.6) is 23.0 Å². The van der Waals surface area contributed by atoms with Crippen LogP contribution < -0.4 is 15.2 Å². The van der Waals surface area contributed by atoms with Crippen LogP contribution >= 0.6 is 0 Å². The highest BCUT2D eigenvalue weighted by Crippen LogP contribution is 2.55. The van der Waals surface area contributed by atoms with Crippen molar-refractivity contribution in [1.29, 1.82) is 0 Å². The minimum absolute atomic E-state index is 0.0171. The first-order chi connectivity index (χ1) is 12.5. The molecule has 136 valence electrons. The van der Waals surface area contributed by atoms with Crippen molar-refractivity contribution in [3.63, 3.8) is 0 Å². The van der Waals surface area contributed by atoms with Gasteiger partial charge in [0.2, 0.25) is 0 Å². The van der Waals surface area contributed by atoms with Crippen molar-refractivity contribution >= 4 is 5.69 Å². The van der Waals surface area contributed by atoms with E-state index in [9.17, 15) is 10.2 Å². The van der Waals surface area contributed by atoms with Gasteiger partial charge in [-0.2, -0.15) is 0 Å². The van der Waals surface area contributed by atoms with Crippen LogP contribution in [0.2, 0.25) is 0 Å². The first kappa shape index (κ1) is 15.6. The minimum atomic E-state index is 0.0171. The average molecular weight is 354 g/mol. The molecule has 1 unspecified atom stereocenters. The van der Waals surface area contributed by atoms with Gasteiger partial charge >= 0.3 is 0 Å². The van der Waals surface area contributed by atoms with Gasteiger partial charge in [0.05, 0.1) is 14.2 Å². The number of nitrogens with two attached hydrogens (primary N) is 1. The second-order valence-corrected chi connectivity index (χ2v) is 7.32. The largest absolute Gasteiger partial charge is 0.507 e. The Morgan fingerprint density at radius 3 is 2.54 bits per heavy atom. The van der Waals surface area contributed by atoms with Crippen LogP contribution in [0, 0.1) is 0 Å². The highest BCUT2D eigenvalue weighted by molar-refractivity contribution is 5.70. The molecule has 0 aromatic heterocycles. The van der Waals surface area contributed by atoms with Crippen LogP contribution in [0.15, 0.2) is 6.07 Å². The van der Waals surface area contributed by atoms with Crippen molar-refractivity contribution in [3.05, 3.63) is 39.4 Å². The maximum absolute atomic E-state index is 10.7. The van der Waals surface area contributed by atoms with Crippen molar-refractivity contribution < 1.29 is 19.7 Å². The van der Waals surface area contributed by atoms with Gasteiger partial charge in [-0.15, -0.1) is 0 Å². The minimum Gasteiger partial charge on any atom is -0.507 e. The Labute approximate surface area is 151 Å². The van der Waals surface area contributed by atoms with Gasteiger partial charge in [-0.1, -0.05) is 0 Å². The lowest BCUT2D eigenvalue weighted by Gasteiger charge is -2.42. The Kier molecular flexibility index (Phi) is 3.13. The van der Waals surface area contributed by atoms with Gasteiger partial charge in [-0.3, -0.25) is 4.90 Å². The van der Waals surface area contributed by atoms with Gasteiger partial charge in [0.1, 0.15) is 11.5 Å². The van der Waals surface area contributed by atoms with Gasteiger partial charge in [0.15, 0.2) is 11.5 Å². The van der Waals surface area contributed by atoms with Gasteiger partial charge in [-0.05, 0) is 18.4 Å². The Bertz CT molecular complexity index is 954. The Hall–Kier alpha value is -2.60. The second kappa shape index (κ2) is 5.20. The first-order valence-electron chi connectivity index (χ1n) is 8.89. The van der Waals surface area contributed by atoms with Crippen LogP contribution in [0.1, 0.15) is 39.4 Å². The molecule has 0 radical (unpaired) electrons. The molecule has 5 rings (SSSR count). The average Bonchev–Trinajstić information content (AvgIpc) is 3.45. The number of rotatable bonds is 2.